The molecule has 0 aromatic carbocycles. The number of hydrogen-bond acceptors (Lipinski definition) is 0. The summed E-state index contributed by atoms with van der Waals surface area (Å²) in [5, 5.41) is 0. The highest BCUT2D eigenvalue weighted by atomic mass is 14.8. The van der Waals surface area contributed by atoms with Gasteiger partial charge in [-0.3, -0.25) is 0 Å². The summed E-state index contributed by atoms with van der Waals surface area (Å²) in [6.07, 6.45) is 7.15. The number of allylic oxidation sites excluding steroid dienone is 2. The van der Waals surface area contributed by atoms with Crippen LogP contribution in [0.1, 0.15) is 26.2 Å². The minimum Gasteiger partial charge on any atom is -0.0772 e. The standard InChI is InChI=1S/C11H14/c1-2-7-9-5-11(9)4-6-3-8(6)10(7)11/h3,6-7,9-10H,2,4-5H2,1H3. The molecule has 5 unspecified atom stereocenters. The summed E-state index contributed by atoms with van der Waals surface area (Å²) in [5.41, 5.74) is 2.81. The van der Waals surface area contributed by atoms with Gasteiger partial charge in [0.05, 0.1) is 0 Å². The van der Waals surface area contributed by atoms with Crippen LogP contribution in [0, 0.1) is 29.1 Å². The van der Waals surface area contributed by atoms with Gasteiger partial charge >= 0.3 is 0 Å². The molecule has 0 aromatic rings. The Labute approximate surface area is 67.7 Å². The molecule has 0 aliphatic heterocycles. The molecule has 0 saturated heterocycles. The topological polar surface area (TPSA) is 0 Å². The molecular weight excluding hydrogens is 132 g/mol. The summed E-state index contributed by atoms with van der Waals surface area (Å²) in [7, 11) is 0. The second-order valence-electron chi connectivity index (χ2n) is 5.07. The Bertz CT molecular complexity index is 276. The van der Waals surface area contributed by atoms with Crippen molar-refractivity contribution in [3.63, 3.8) is 0 Å². The Morgan fingerprint density at radius 2 is 2.45 bits per heavy atom. The lowest BCUT2D eigenvalue weighted by molar-refractivity contribution is 0.107. The summed E-state index contributed by atoms with van der Waals surface area (Å²) in [5.74, 6) is 4.42. The van der Waals surface area contributed by atoms with E-state index < -0.39 is 0 Å². The Hall–Kier alpha value is -0.260. The molecule has 3 fully saturated rings. The summed E-state index contributed by atoms with van der Waals surface area (Å²) < 4.78 is 0. The van der Waals surface area contributed by atoms with Crippen molar-refractivity contribution >= 4 is 0 Å². The molecule has 4 aliphatic carbocycles. The molecule has 4 rings (SSSR count). The summed E-state index contributed by atoms with van der Waals surface area (Å²) in [6, 6.07) is 0. The first-order valence-electron chi connectivity index (χ1n) is 5.08. The van der Waals surface area contributed by atoms with Crippen LogP contribution in [-0.4, -0.2) is 0 Å². The van der Waals surface area contributed by atoms with E-state index in [9.17, 15) is 0 Å². The minimum absolute atomic E-state index is 0.926. The smallest absolute Gasteiger partial charge is 0.00114 e. The Kier molecular flexibility index (Phi) is 0.596. The van der Waals surface area contributed by atoms with Gasteiger partial charge in [0, 0.05) is 0 Å². The normalized spacial score (nSPS) is 67.2. The molecule has 58 valence electrons. The highest BCUT2D eigenvalue weighted by Gasteiger charge is 2.78. The largest absolute Gasteiger partial charge is 0.0772 e. The molecule has 0 N–H and O–H groups in total. The number of hydrogen-bond donors (Lipinski definition) is 0. The van der Waals surface area contributed by atoms with E-state index in [0.29, 0.717) is 0 Å². The third kappa shape index (κ3) is 0.369. The predicted molar refractivity (Wildman–Crippen MR) is 44.0 cm³/mol. The zero-order chi connectivity index (χ0) is 7.22. The van der Waals surface area contributed by atoms with Gasteiger partial charge in [-0.2, -0.15) is 0 Å². The fourth-order valence-electron chi connectivity index (χ4n) is 4.39. The van der Waals surface area contributed by atoms with Crippen molar-refractivity contribution in [3.05, 3.63) is 11.6 Å². The lowest BCUT2D eigenvalue weighted by Crippen LogP contribution is -2.34. The highest BCUT2D eigenvalue weighted by Crippen LogP contribution is 2.85. The van der Waals surface area contributed by atoms with Gasteiger partial charge < -0.3 is 0 Å². The van der Waals surface area contributed by atoms with Gasteiger partial charge in [-0.15, -0.1) is 0 Å². The fourth-order valence-corrected chi connectivity index (χ4v) is 4.39. The van der Waals surface area contributed by atoms with Crippen LogP contribution in [0.2, 0.25) is 0 Å². The van der Waals surface area contributed by atoms with E-state index in [4.69, 9.17) is 0 Å². The van der Waals surface area contributed by atoms with Gasteiger partial charge in [-0.05, 0) is 41.9 Å². The van der Waals surface area contributed by atoms with Gasteiger partial charge in [-0.25, -0.2) is 0 Å². The van der Waals surface area contributed by atoms with Crippen LogP contribution < -0.4 is 0 Å². The molecule has 0 bridgehead atoms. The summed E-state index contributed by atoms with van der Waals surface area (Å²) in [6.45, 7) is 2.38. The summed E-state index contributed by atoms with van der Waals surface area (Å²) in [4.78, 5) is 0. The van der Waals surface area contributed by atoms with Crippen LogP contribution in [0.25, 0.3) is 0 Å². The van der Waals surface area contributed by atoms with E-state index in [1.54, 1.807) is 12.8 Å². The molecule has 0 nitrogen and oxygen atoms in total. The van der Waals surface area contributed by atoms with Crippen molar-refractivity contribution in [2.75, 3.05) is 0 Å². The number of rotatable bonds is 1. The van der Waals surface area contributed by atoms with Crippen molar-refractivity contribution < 1.29 is 0 Å². The average molecular weight is 146 g/mol. The van der Waals surface area contributed by atoms with Crippen LogP contribution >= 0.6 is 0 Å². The maximum atomic E-state index is 2.53. The van der Waals surface area contributed by atoms with Crippen LogP contribution in [0.4, 0.5) is 0 Å². The lowest BCUT2D eigenvalue weighted by Gasteiger charge is -2.40. The maximum Gasteiger partial charge on any atom is -0.00114 e. The van der Waals surface area contributed by atoms with E-state index >= 15 is 0 Å². The molecule has 1 spiro atoms. The zero-order valence-electron chi connectivity index (χ0n) is 7.01. The third-order valence-corrected chi connectivity index (χ3v) is 4.89. The van der Waals surface area contributed by atoms with Gasteiger partial charge in [0.25, 0.3) is 0 Å². The van der Waals surface area contributed by atoms with E-state index in [2.05, 4.69) is 13.0 Å². The van der Waals surface area contributed by atoms with E-state index in [1.165, 1.54) is 12.3 Å². The average Bonchev–Trinajstić information content (AvgIpc) is 2.77. The van der Waals surface area contributed by atoms with Crippen molar-refractivity contribution in [2.45, 2.75) is 26.2 Å². The quantitative estimate of drug-likeness (QED) is 0.499. The van der Waals surface area contributed by atoms with Crippen molar-refractivity contribution in [1.29, 1.82) is 0 Å². The van der Waals surface area contributed by atoms with Gasteiger partial charge in [-0.1, -0.05) is 25.0 Å². The second-order valence-corrected chi connectivity index (χ2v) is 5.07. The monoisotopic (exact) mass is 146 g/mol. The molecular formula is C11H14. The van der Waals surface area contributed by atoms with Crippen molar-refractivity contribution in [3.8, 4) is 0 Å². The molecule has 5 atom stereocenters. The van der Waals surface area contributed by atoms with E-state index in [-0.39, 0.29) is 0 Å². The van der Waals surface area contributed by atoms with Gasteiger partial charge in [0.1, 0.15) is 0 Å². The van der Waals surface area contributed by atoms with Crippen LogP contribution in [-0.2, 0) is 0 Å². The Morgan fingerprint density at radius 1 is 1.55 bits per heavy atom. The first-order valence-corrected chi connectivity index (χ1v) is 5.08. The van der Waals surface area contributed by atoms with Gasteiger partial charge in [0.2, 0.25) is 0 Å². The van der Waals surface area contributed by atoms with E-state index in [0.717, 1.165) is 23.2 Å². The fraction of sp³-hybridized carbons (Fsp3) is 0.818. The van der Waals surface area contributed by atoms with Crippen molar-refractivity contribution in [2.24, 2.45) is 29.1 Å². The Balaban J connectivity index is 1.78. The molecule has 4 aliphatic rings. The first kappa shape index (κ1) is 5.40. The maximum absolute atomic E-state index is 2.53. The molecule has 0 aromatic heterocycles. The molecule has 0 radical (unpaired) electrons. The Morgan fingerprint density at radius 3 is 3.27 bits per heavy atom. The van der Waals surface area contributed by atoms with Crippen LogP contribution in [0.3, 0.4) is 0 Å². The second kappa shape index (κ2) is 1.22. The number of fused-ring (bicyclic) bond motifs is 2. The molecule has 0 heterocycles. The SMILES string of the molecule is CCC1C2CC23CC2C=C2C13. The van der Waals surface area contributed by atoms with Crippen LogP contribution in [0.15, 0.2) is 11.6 Å². The van der Waals surface area contributed by atoms with Crippen molar-refractivity contribution in [1.82, 2.24) is 0 Å². The zero-order valence-corrected chi connectivity index (χ0v) is 7.01. The van der Waals surface area contributed by atoms with Gasteiger partial charge in [0.15, 0.2) is 0 Å². The third-order valence-electron chi connectivity index (χ3n) is 4.89. The van der Waals surface area contributed by atoms with Crippen LogP contribution in [0.5, 0.6) is 0 Å². The molecule has 11 heavy (non-hydrogen) atoms. The molecule has 0 heteroatoms. The summed E-state index contributed by atoms with van der Waals surface area (Å²) >= 11 is 0. The first-order chi connectivity index (χ1) is 5.37. The molecule has 0 amide bonds. The predicted octanol–water partition coefficient (Wildman–Crippen LogP) is 2.61. The minimum atomic E-state index is 0.926. The lowest BCUT2D eigenvalue weighted by atomic mass is 9.64. The highest BCUT2D eigenvalue weighted by molar-refractivity contribution is 5.48. The van der Waals surface area contributed by atoms with E-state index in [1.807, 2.05) is 5.57 Å². The molecule has 3 saturated carbocycles.